The third-order valence-electron chi connectivity index (χ3n) is 4.84. The highest BCUT2D eigenvalue weighted by Crippen LogP contribution is 2.23. The minimum absolute atomic E-state index is 0.140. The van der Waals surface area contributed by atoms with E-state index in [0.717, 1.165) is 5.56 Å². The van der Waals surface area contributed by atoms with Gasteiger partial charge in [-0.3, -0.25) is 9.59 Å². The fraction of sp³-hybridized carbons (Fsp3) is 0.238. The van der Waals surface area contributed by atoms with E-state index in [1.807, 2.05) is 30.3 Å². The quantitative estimate of drug-likeness (QED) is 0.776. The molecule has 1 fully saturated rings. The summed E-state index contributed by atoms with van der Waals surface area (Å²) in [4.78, 5) is 30.5. The van der Waals surface area contributed by atoms with Gasteiger partial charge in [-0.05, 0) is 17.7 Å². The predicted octanol–water partition coefficient (Wildman–Crippen LogP) is 2.75. The summed E-state index contributed by atoms with van der Waals surface area (Å²) in [6.07, 6.45) is 1.30. The van der Waals surface area contributed by atoms with E-state index in [1.54, 1.807) is 30.2 Å². The van der Waals surface area contributed by atoms with Gasteiger partial charge in [-0.2, -0.15) is 0 Å². The number of aromatic amines is 1. The normalized spacial score (nSPS) is 17.1. The number of ether oxygens (including phenoxy) is 2. The number of carbonyl (C=O) groups is 1. The molecule has 0 spiro atoms. The lowest BCUT2D eigenvalue weighted by atomic mass is 10.1. The molecule has 6 heteroatoms. The van der Waals surface area contributed by atoms with Crippen LogP contribution in [0.25, 0.3) is 10.9 Å². The summed E-state index contributed by atoms with van der Waals surface area (Å²) < 4.78 is 11.0. The van der Waals surface area contributed by atoms with Crippen molar-refractivity contribution in [3.8, 4) is 5.75 Å². The van der Waals surface area contributed by atoms with Crippen LogP contribution in [0.1, 0.15) is 22.0 Å². The Bertz CT molecular complexity index is 1030. The highest BCUT2D eigenvalue weighted by atomic mass is 16.5. The summed E-state index contributed by atoms with van der Waals surface area (Å²) in [5.74, 6) is 0.370. The van der Waals surface area contributed by atoms with Gasteiger partial charge in [0.2, 0.25) is 5.43 Å². The van der Waals surface area contributed by atoms with Gasteiger partial charge in [0.1, 0.15) is 17.4 Å². The molecule has 1 aliphatic heterocycles. The van der Waals surface area contributed by atoms with Crippen molar-refractivity contribution >= 4 is 16.8 Å². The summed E-state index contributed by atoms with van der Waals surface area (Å²) in [6, 6.07) is 14.9. The van der Waals surface area contributed by atoms with Crippen molar-refractivity contribution in [3.05, 3.63) is 76.1 Å². The number of H-pyrrole nitrogens is 1. The number of hydrogen-bond donors (Lipinski definition) is 1. The standard InChI is InChI=1S/C21H20N2O4/c1-26-15-7-8-16-18(11-15)22-12-17(20(16)24)21(25)23-9-10-27-19(13-23)14-5-3-2-4-6-14/h2-8,11-12,19H,9-10,13H2,1H3,(H,22,24)/t19-/m1/s1. The van der Waals surface area contributed by atoms with Crippen LogP contribution in [0.5, 0.6) is 5.75 Å². The van der Waals surface area contributed by atoms with Gasteiger partial charge in [-0.15, -0.1) is 0 Å². The van der Waals surface area contributed by atoms with Crippen LogP contribution >= 0.6 is 0 Å². The monoisotopic (exact) mass is 364 g/mol. The van der Waals surface area contributed by atoms with Crippen molar-refractivity contribution in [3.63, 3.8) is 0 Å². The fourth-order valence-electron chi connectivity index (χ4n) is 3.36. The van der Waals surface area contributed by atoms with Crippen LogP contribution in [0, 0.1) is 0 Å². The van der Waals surface area contributed by atoms with E-state index < -0.39 is 0 Å². The lowest BCUT2D eigenvalue weighted by Gasteiger charge is -2.33. The smallest absolute Gasteiger partial charge is 0.259 e. The minimum atomic E-state index is -0.279. The second-order valence-electron chi connectivity index (χ2n) is 6.46. The number of fused-ring (bicyclic) bond motifs is 1. The Morgan fingerprint density at radius 3 is 2.81 bits per heavy atom. The first kappa shape index (κ1) is 17.3. The Morgan fingerprint density at radius 1 is 1.22 bits per heavy atom. The zero-order valence-corrected chi connectivity index (χ0v) is 15.0. The maximum absolute atomic E-state index is 13.0. The van der Waals surface area contributed by atoms with Crippen molar-refractivity contribution in [2.75, 3.05) is 26.8 Å². The molecule has 2 heterocycles. The minimum Gasteiger partial charge on any atom is -0.497 e. The maximum Gasteiger partial charge on any atom is 0.259 e. The van der Waals surface area contributed by atoms with Gasteiger partial charge >= 0.3 is 0 Å². The average Bonchev–Trinajstić information content (AvgIpc) is 2.74. The molecule has 1 N–H and O–H groups in total. The lowest BCUT2D eigenvalue weighted by Crippen LogP contribution is -2.43. The number of nitrogens with one attached hydrogen (secondary N) is 1. The summed E-state index contributed by atoms with van der Waals surface area (Å²) >= 11 is 0. The molecule has 0 radical (unpaired) electrons. The molecular weight excluding hydrogens is 344 g/mol. The molecule has 27 heavy (non-hydrogen) atoms. The molecule has 1 atom stereocenters. The van der Waals surface area contributed by atoms with E-state index in [1.165, 1.54) is 6.20 Å². The number of carbonyl (C=O) groups excluding carboxylic acids is 1. The predicted molar refractivity (Wildman–Crippen MR) is 102 cm³/mol. The second-order valence-corrected chi connectivity index (χ2v) is 6.46. The highest BCUT2D eigenvalue weighted by Gasteiger charge is 2.27. The number of aromatic nitrogens is 1. The lowest BCUT2D eigenvalue weighted by molar-refractivity contribution is -0.0228. The highest BCUT2D eigenvalue weighted by molar-refractivity contribution is 5.97. The van der Waals surface area contributed by atoms with Gasteiger partial charge in [0.05, 0.1) is 25.8 Å². The molecule has 1 amide bonds. The van der Waals surface area contributed by atoms with Crippen molar-refractivity contribution in [1.82, 2.24) is 9.88 Å². The molecule has 0 bridgehead atoms. The van der Waals surface area contributed by atoms with Crippen molar-refractivity contribution < 1.29 is 14.3 Å². The van der Waals surface area contributed by atoms with E-state index in [4.69, 9.17) is 9.47 Å². The summed E-state index contributed by atoms with van der Waals surface area (Å²) in [5.41, 5.74) is 1.52. The van der Waals surface area contributed by atoms with Gasteiger partial charge in [-0.25, -0.2) is 0 Å². The van der Waals surface area contributed by atoms with E-state index >= 15 is 0 Å². The van der Waals surface area contributed by atoms with Crippen LogP contribution in [-0.2, 0) is 4.74 Å². The Labute approximate surface area is 156 Å². The number of methoxy groups -OCH3 is 1. The first-order valence-electron chi connectivity index (χ1n) is 8.82. The molecule has 6 nitrogen and oxygen atoms in total. The summed E-state index contributed by atoms with van der Waals surface area (Å²) in [5, 5.41) is 0.467. The molecule has 0 unspecified atom stereocenters. The zero-order chi connectivity index (χ0) is 18.8. The molecule has 138 valence electrons. The number of benzene rings is 2. The Morgan fingerprint density at radius 2 is 2.04 bits per heavy atom. The summed E-state index contributed by atoms with van der Waals surface area (Å²) in [6.45, 7) is 1.32. The Hall–Kier alpha value is -3.12. The van der Waals surface area contributed by atoms with Gasteiger partial charge < -0.3 is 19.4 Å². The molecule has 4 rings (SSSR count). The summed E-state index contributed by atoms with van der Waals surface area (Å²) in [7, 11) is 1.57. The van der Waals surface area contributed by atoms with Crippen molar-refractivity contribution in [1.29, 1.82) is 0 Å². The molecule has 0 aliphatic carbocycles. The van der Waals surface area contributed by atoms with Crippen LogP contribution in [0.15, 0.2) is 59.5 Å². The van der Waals surface area contributed by atoms with E-state index in [-0.39, 0.29) is 23.0 Å². The number of pyridine rings is 1. The van der Waals surface area contributed by atoms with E-state index in [0.29, 0.717) is 36.3 Å². The number of nitrogens with zero attached hydrogens (tertiary/aromatic N) is 1. The third-order valence-corrected chi connectivity index (χ3v) is 4.84. The average molecular weight is 364 g/mol. The molecule has 1 aromatic heterocycles. The number of hydrogen-bond acceptors (Lipinski definition) is 4. The van der Waals surface area contributed by atoms with Crippen LogP contribution in [0.4, 0.5) is 0 Å². The SMILES string of the molecule is COc1ccc2c(=O)c(C(=O)N3CCO[C@@H](c4ccccc4)C3)c[nH]c2c1. The van der Waals surface area contributed by atoms with Gasteiger partial charge in [-0.1, -0.05) is 30.3 Å². The maximum atomic E-state index is 13.0. The number of rotatable bonds is 3. The molecular formula is C21H20N2O4. The second kappa shape index (κ2) is 7.25. The molecule has 1 aliphatic rings. The van der Waals surface area contributed by atoms with E-state index in [9.17, 15) is 9.59 Å². The molecule has 3 aromatic rings. The first-order chi connectivity index (χ1) is 13.2. The van der Waals surface area contributed by atoms with Crippen LogP contribution in [0.3, 0.4) is 0 Å². The zero-order valence-electron chi connectivity index (χ0n) is 15.0. The molecule has 2 aromatic carbocycles. The van der Waals surface area contributed by atoms with Gasteiger partial charge in [0.25, 0.3) is 5.91 Å². The van der Waals surface area contributed by atoms with E-state index in [2.05, 4.69) is 4.98 Å². The first-order valence-corrected chi connectivity index (χ1v) is 8.82. The van der Waals surface area contributed by atoms with Crippen LogP contribution in [0.2, 0.25) is 0 Å². The number of amides is 1. The van der Waals surface area contributed by atoms with Crippen LogP contribution in [-0.4, -0.2) is 42.6 Å². The number of morpholine rings is 1. The van der Waals surface area contributed by atoms with Gasteiger partial charge in [0.15, 0.2) is 0 Å². The molecule has 1 saturated heterocycles. The van der Waals surface area contributed by atoms with Crippen molar-refractivity contribution in [2.24, 2.45) is 0 Å². The third kappa shape index (κ3) is 3.31. The van der Waals surface area contributed by atoms with Crippen LogP contribution < -0.4 is 10.2 Å². The van der Waals surface area contributed by atoms with Crippen molar-refractivity contribution in [2.45, 2.75) is 6.10 Å². The van der Waals surface area contributed by atoms with Gasteiger partial charge in [0, 0.05) is 24.2 Å². The fourth-order valence-corrected chi connectivity index (χ4v) is 3.36. The Balaban J connectivity index is 1.62. The Kier molecular flexibility index (Phi) is 4.64. The topological polar surface area (TPSA) is 71.6 Å². The molecule has 0 saturated carbocycles. The largest absolute Gasteiger partial charge is 0.497 e.